The molecule has 1 amide bonds. The van der Waals surface area contributed by atoms with Crippen molar-refractivity contribution in [2.24, 2.45) is 0 Å². The lowest BCUT2D eigenvalue weighted by Crippen LogP contribution is -2.26. The Morgan fingerprint density at radius 1 is 0.929 bits per heavy atom. The summed E-state index contributed by atoms with van der Waals surface area (Å²) in [6.07, 6.45) is 0. The Kier molecular flexibility index (Phi) is 5.80. The van der Waals surface area contributed by atoms with E-state index in [1.165, 1.54) is 12.1 Å². The number of sulfonamides is 1. The minimum atomic E-state index is -3.79. The van der Waals surface area contributed by atoms with E-state index in [9.17, 15) is 13.2 Å². The summed E-state index contributed by atoms with van der Waals surface area (Å²) in [5, 5.41) is 0. The van der Waals surface area contributed by atoms with Crippen LogP contribution in [0.4, 0.5) is 5.69 Å². The van der Waals surface area contributed by atoms with Gasteiger partial charge in [0.05, 0.1) is 4.90 Å². The highest BCUT2D eigenvalue weighted by Crippen LogP contribution is 2.19. The highest BCUT2D eigenvalue weighted by atomic mass is 32.2. The van der Waals surface area contributed by atoms with Crippen molar-refractivity contribution in [2.45, 2.75) is 18.4 Å². The molecule has 0 atom stereocenters. The normalized spacial score (nSPS) is 11.1. The van der Waals surface area contributed by atoms with Gasteiger partial charge in [-0.05, 0) is 48.4 Å². The zero-order chi connectivity index (χ0) is 20.1. The molecule has 3 aromatic rings. The maximum atomic E-state index is 12.7. The molecule has 3 aromatic carbocycles. The maximum absolute atomic E-state index is 12.7. The van der Waals surface area contributed by atoms with Crippen LogP contribution >= 0.6 is 0 Å². The van der Waals surface area contributed by atoms with Gasteiger partial charge in [-0.1, -0.05) is 48.5 Å². The van der Waals surface area contributed by atoms with Gasteiger partial charge in [-0.2, -0.15) is 0 Å². The number of amides is 1. The molecule has 0 aromatic heterocycles. The standard InChI is InChI=1S/C22H22N2O3S/c1-17-8-6-12-20(14-17)23-28(26,27)21-13-7-11-19(15-21)22(25)24(2)16-18-9-4-3-5-10-18/h3-15,23H,16H2,1-2H3. The molecule has 3 rings (SSSR count). The number of carbonyl (C=O) groups excluding carboxylic acids is 1. The summed E-state index contributed by atoms with van der Waals surface area (Å²) in [6.45, 7) is 2.33. The van der Waals surface area contributed by atoms with Gasteiger partial charge in [0.2, 0.25) is 0 Å². The lowest BCUT2D eigenvalue weighted by atomic mass is 10.1. The number of rotatable bonds is 6. The second kappa shape index (κ2) is 8.27. The van der Waals surface area contributed by atoms with Crippen LogP contribution in [0.5, 0.6) is 0 Å². The molecule has 28 heavy (non-hydrogen) atoms. The summed E-state index contributed by atoms with van der Waals surface area (Å²) in [7, 11) is -2.10. The van der Waals surface area contributed by atoms with Crippen LogP contribution in [0.1, 0.15) is 21.5 Å². The zero-order valence-corrected chi connectivity index (χ0v) is 16.6. The Morgan fingerprint density at radius 3 is 2.36 bits per heavy atom. The summed E-state index contributed by atoms with van der Waals surface area (Å²) < 4.78 is 28.0. The van der Waals surface area contributed by atoms with Crippen molar-refractivity contribution in [3.8, 4) is 0 Å². The number of nitrogens with one attached hydrogen (secondary N) is 1. The molecule has 0 unspecified atom stereocenters. The Morgan fingerprint density at radius 2 is 1.64 bits per heavy atom. The fraction of sp³-hybridized carbons (Fsp3) is 0.136. The van der Waals surface area contributed by atoms with Gasteiger partial charge in [0.1, 0.15) is 0 Å². The molecular formula is C22H22N2O3S. The van der Waals surface area contributed by atoms with Crippen LogP contribution in [-0.4, -0.2) is 26.3 Å². The first-order valence-corrected chi connectivity index (χ1v) is 10.3. The Hall–Kier alpha value is -3.12. The Bertz CT molecular complexity index is 1080. The molecule has 0 bridgehead atoms. The number of anilines is 1. The van der Waals surface area contributed by atoms with E-state index in [0.717, 1.165) is 11.1 Å². The molecule has 0 spiro atoms. The van der Waals surface area contributed by atoms with Crippen molar-refractivity contribution in [3.05, 3.63) is 95.6 Å². The summed E-state index contributed by atoms with van der Waals surface area (Å²) in [5.41, 5.74) is 2.76. The van der Waals surface area contributed by atoms with Crippen LogP contribution in [-0.2, 0) is 16.6 Å². The number of aryl methyl sites for hydroxylation is 1. The third kappa shape index (κ3) is 4.78. The lowest BCUT2D eigenvalue weighted by Gasteiger charge is -2.18. The van der Waals surface area contributed by atoms with Crippen molar-refractivity contribution in [1.82, 2.24) is 4.90 Å². The second-order valence-electron chi connectivity index (χ2n) is 6.65. The average Bonchev–Trinajstić information content (AvgIpc) is 2.68. The number of benzene rings is 3. The predicted molar refractivity (Wildman–Crippen MR) is 111 cm³/mol. The molecule has 0 aliphatic carbocycles. The number of hydrogen-bond acceptors (Lipinski definition) is 3. The van der Waals surface area contributed by atoms with Crippen molar-refractivity contribution in [3.63, 3.8) is 0 Å². The number of nitrogens with zero attached hydrogens (tertiary/aromatic N) is 1. The van der Waals surface area contributed by atoms with Crippen molar-refractivity contribution in [2.75, 3.05) is 11.8 Å². The van der Waals surface area contributed by atoms with Gasteiger partial charge in [0.25, 0.3) is 15.9 Å². The van der Waals surface area contributed by atoms with Gasteiger partial charge in [-0.15, -0.1) is 0 Å². The van der Waals surface area contributed by atoms with E-state index in [-0.39, 0.29) is 10.8 Å². The van der Waals surface area contributed by atoms with Crippen LogP contribution in [0.15, 0.2) is 83.8 Å². The third-order valence-electron chi connectivity index (χ3n) is 4.27. The van der Waals surface area contributed by atoms with Crippen LogP contribution < -0.4 is 4.72 Å². The first kappa shape index (κ1) is 19.6. The molecule has 0 aliphatic heterocycles. The van der Waals surface area contributed by atoms with Crippen molar-refractivity contribution >= 4 is 21.6 Å². The van der Waals surface area contributed by atoms with Crippen molar-refractivity contribution in [1.29, 1.82) is 0 Å². The van der Waals surface area contributed by atoms with E-state index in [2.05, 4.69) is 4.72 Å². The van der Waals surface area contributed by atoms with Crippen molar-refractivity contribution < 1.29 is 13.2 Å². The Balaban J connectivity index is 1.80. The highest BCUT2D eigenvalue weighted by Gasteiger charge is 2.18. The molecule has 0 aliphatic rings. The first-order chi connectivity index (χ1) is 13.3. The van der Waals surface area contributed by atoms with E-state index < -0.39 is 10.0 Å². The summed E-state index contributed by atoms with van der Waals surface area (Å²) >= 11 is 0. The van der Waals surface area contributed by atoms with Crippen LogP contribution in [0.25, 0.3) is 0 Å². The summed E-state index contributed by atoms with van der Waals surface area (Å²) in [5.74, 6) is -0.239. The van der Waals surface area contributed by atoms with E-state index in [1.54, 1.807) is 42.3 Å². The largest absolute Gasteiger partial charge is 0.337 e. The third-order valence-corrected chi connectivity index (χ3v) is 5.65. The number of carbonyl (C=O) groups is 1. The van der Waals surface area contributed by atoms with Crippen LogP contribution in [0.3, 0.4) is 0 Å². The molecule has 0 fully saturated rings. The zero-order valence-electron chi connectivity index (χ0n) is 15.8. The molecule has 5 nitrogen and oxygen atoms in total. The molecule has 0 heterocycles. The lowest BCUT2D eigenvalue weighted by molar-refractivity contribution is 0.0785. The predicted octanol–water partition coefficient (Wildman–Crippen LogP) is 4.07. The van der Waals surface area contributed by atoms with Gasteiger partial charge in [-0.25, -0.2) is 8.42 Å². The molecule has 144 valence electrons. The first-order valence-electron chi connectivity index (χ1n) is 8.84. The van der Waals surface area contributed by atoms with Gasteiger partial charge in [0, 0.05) is 24.8 Å². The van der Waals surface area contributed by atoms with E-state index in [4.69, 9.17) is 0 Å². The van der Waals surface area contributed by atoms with Gasteiger partial charge in [-0.3, -0.25) is 9.52 Å². The van der Waals surface area contributed by atoms with E-state index in [1.807, 2.05) is 43.3 Å². The van der Waals surface area contributed by atoms with Gasteiger partial charge in [0.15, 0.2) is 0 Å². The van der Waals surface area contributed by atoms with Crippen LogP contribution in [0, 0.1) is 6.92 Å². The fourth-order valence-electron chi connectivity index (χ4n) is 2.87. The second-order valence-corrected chi connectivity index (χ2v) is 8.33. The Labute approximate surface area is 165 Å². The maximum Gasteiger partial charge on any atom is 0.261 e. The molecular weight excluding hydrogens is 372 g/mol. The van der Waals surface area contributed by atoms with E-state index >= 15 is 0 Å². The smallest absolute Gasteiger partial charge is 0.261 e. The minimum Gasteiger partial charge on any atom is -0.337 e. The molecule has 6 heteroatoms. The monoisotopic (exact) mass is 394 g/mol. The topological polar surface area (TPSA) is 66.5 Å². The van der Waals surface area contributed by atoms with Gasteiger partial charge >= 0.3 is 0 Å². The number of hydrogen-bond donors (Lipinski definition) is 1. The molecule has 0 saturated heterocycles. The van der Waals surface area contributed by atoms with E-state index in [0.29, 0.717) is 17.8 Å². The van der Waals surface area contributed by atoms with Crippen LogP contribution in [0.2, 0.25) is 0 Å². The minimum absolute atomic E-state index is 0.0490. The summed E-state index contributed by atoms with van der Waals surface area (Å²) in [6, 6.07) is 22.8. The summed E-state index contributed by atoms with van der Waals surface area (Å²) in [4.78, 5) is 14.4. The molecule has 0 radical (unpaired) electrons. The molecule has 0 saturated carbocycles. The average molecular weight is 394 g/mol. The fourth-order valence-corrected chi connectivity index (χ4v) is 3.96. The van der Waals surface area contributed by atoms with Gasteiger partial charge < -0.3 is 4.90 Å². The molecule has 1 N–H and O–H groups in total. The highest BCUT2D eigenvalue weighted by molar-refractivity contribution is 7.92. The quantitative estimate of drug-likeness (QED) is 0.685. The SMILES string of the molecule is Cc1cccc(NS(=O)(=O)c2cccc(C(=O)N(C)Cc3ccccc3)c2)c1.